The molecule has 0 spiro atoms. The number of benzene rings is 1. The minimum absolute atomic E-state index is 0.0367. The van der Waals surface area contributed by atoms with Crippen molar-refractivity contribution in [2.75, 3.05) is 13.1 Å². The number of nitrogens with two attached hydrogens (primary N) is 1. The summed E-state index contributed by atoms with van der Waals surface area (Å²) < 4.78 is 0. The molecule has 3 N–H and O–H groups in total. The van der Waals surface area contributed by atoms with E-state index in [1.807, 2.05) is 6.92 Å². The number of hydrogen-bond donors (Lipinski definition) is 2. The van der Waals surface area contributed by atoms with E-state index in [-0.39, 0.29) is 16.8 Å². The van der Waals surface area contributed by atoms with Gasteiger partial charge in [0, 0.05) is 23.6 Å². The zero-order valence-corrected chi connectivity index (χ0v) is 12.2. The van der Waals surface area contributed by atoms with Gasteiger partial charge < -0.3 is 11.1 Å². The molecule has 0 saturated carbocycles. The van der Waals surface area contributed by atoms with Gasteiger partial charge in [0.05, 0.1) is 10.2 Å². The van der Waals surface area contributed by atoms with Gasteiger partial charge in [-0.3, -0.25) is 14.9 Å². The van der Waals surface area contributed by atoms with Gasteiger partial charge in [-0.2, -0.15) is 0 Å². The van der Waals surface area contributed by atoms with E-state index in [1.165, 1.54) is 23.9 Å². The van der Waals surface area contributed by atoms with Gasteiger partial charge in [0.1, 0.15) is 0 Å². The van der Waals surface area contributed by atoms with E-state index in [4.69, 9.17) is 5.73 Å². The zero-order valence-electron chi connectivity index (χ0n) is 11.4. The number of carbonyl (C=O) groups excluding carboxylic acids is 1. The number of nitro benzene ring substituents is 1. The standard InChI is InChI=1S/C13H19N3O3S/c1-10(13(17)15-9-3-2-8-14)20-12-6-4-11(5-7-12)16(18)19/h4-7,10H,2-3,8-9,14H2,1H3,(H,15,17). The third-order valence-electron chi connectivity index (χ3n) is 2.66. The van der Waals surface area contributed by atoms with Gasteiger partial charge in [0.15, 0.2) is 0 Å². The first-order valence-corrected chi connectivity index (χ1v) is 7.31. The number of non-ortho nitro benzene ring substituents is 1. The first-order valence-electron chi connectivity index (χ1n) is 6.43. The highest BCUT2D eigenvalue weighted by molar-refractivity contribution is 8.00. The topological polar surface area (TPSA) is 98.3 Å². The van der Waals surface area contributed by atoms with Crippen LogP contribution in [0.15, 0.2) is 29.2 Å². The fourth-order valence-corrected chi connectivity index (χ4v) is 2.42. The summed E-state index contributed by atoms with van der Waals surface area (Å²) in [6.07, 6.45) is 1.77. The molecule has 7 heteroatoms. The average Bonchev–Trinajstić information content (AvgIpc) is 2.44. The van der Waals surface area contributed by atoms with Crippen molar-refractivity contribution in [2.24, 2.45) is 5.73 Å². The Labute approximate surface area is 122 Å². The second-order valence-electron chi connectivity index (χ2n) is 4.30. The van der Waals surface area contributed by atoms with Crippen LogP contribution in [0.5, 0.6) is 0 Å². The number of amides is 1. The zero-order chi connectivity index (χ0) is 15.0. The number of nitrogens with one attached hydrogen (secondary N) is 1. The van der Waals surface area contributed by atoms with Crippen LogP contribution in [0.4, 0.5) is 5.69 Å². The Balaban J connectivity index is 2.42. The predicted molar refractivity (Wildman–Crippen MR) is 79.7 cm³/mol. The molecule has 0 saturated heterocycles. The fraction of sp³-hybridized carbons (Fsp3) is 0.462. The molecule has 0 bridgehead atoms. The number of carbonyl (C=O) groups is 1. The van der Waals surface area contributed by atoms with Crippen molar-refractivity contribution < 1.29 is 9.72 Å². The molecule has 1 rings (SSSR count). The van der Waals surface area contributed by atoms with Gasteiger partial charge in [0.2, 0.25) is 5.91 Å². The Morgan fingerprint density at radius 1 is 1.40 bits per heavy atom. The second-order valence-corrected chi connectivity index (χ2v) is 5.71. The first-order chi connectivity index (χ1) is 9.54. The summed E-state index contributed by atoms with van der Waals surface area (Å²) in [6, 6.07) is 6.18. The van der Waals surface area contributed by atoms with Gasteiger partial charge >= 0.3 is 0 Å². The lowest BCUT2D eigenvalue weighted by Crippen LogP contribution is -2.31. The van der Waals surface area contributed by atoms with Gasteiger partial charge in [-0.05, 0) is 38.4 Å². The smallest absolute Gasteiger partial charge is 0.269 e. The molecular formula is C13H19N3O3S. The highest BCUT2D eigenvalue weighted by atomic mass is 32.2. The minimum atomic E-state index is -0.442. The molecular weight excluding hydrogens is 278 g/mol. The molecule has 1 unspecified atom stereocenters. The maximum atomic E-state index is 11.8. The molecule has 0 fully saturated rings. The van der Waals surface area contributed by atoms with Crippen molar-refractivity contribution in [1.29, 1.82) is 0 Å². The number of unbranched alkanes of at least 4 members (excludes halogenated alkanes) is 1. The van der Waals surface area contributed by atoms with Crippen LogP contribution in [0.2, 0.25) is 0 Å². The molecule has 0 aromatic heterocycles. The summed E-state index contributed by atoms with van der Waals surface area (Å²) in [6.45, 7) is 3.06. The van der Waals surface area contributed by atoms with E-state index >= 15 is 0 Å². The van der Waals surface area contributed by atoms with Crippen molar-refractivity contribution in [3.8, 4) is 0 Å². The fourth-order valence-electron chi connectivity index (χ4n) is 1.53. The van der Waals surface area contributed by atoms with Gasteiger partial charge in [-0.15, -0.1) is 11.8 Å². The van der Waals surface area contributed by atoms with E-state index in [2.05, 4.69) is 5.32 Å². The molecule has 0 aliphatic rings. The van der Waals surface area contributed by atoms with Crippen molar-refractivity contribution in [3.05, 3.63) is 34.4 Å². The highest BCUT2D eigenvalue weighted by Crippen LogP contribution is 2.25. The Hall–Kier alpha value is -1.60. The van der Waals surface area contributed by atoms with Crippen LogP contribution in [0.25, 0.3) is 0 Å². The maximum absolute atomic E-state index is 11.8. The Kier molecular flexibility index (Phi) is 7.03. The molecule has 0 heterocycles. The largest absolute Gasteiger partial charge is 0.355 e. The summed E-state index contributed by atoms with van der Waals surface area (Å²) in [4.78, 5) is 22.7. The number of nitro groups is 1. The van der Waals surface area contributed by atoms with Gasteiger partial charge in [-0.1, -0.05) is 0 Å². The molecule has 20 heavy (non-hydrogen) atoms. The lowest BCUT2D eigenvalue weighted by atomic mass is 10.3. The lowest BCUT2D eigenvalue weighted by Gasteiger charge is -2.11. The SMILES string of the molecule is CC(Sc1ccc([N+](=O)[O-])cc1)C(=O)NCCCCN. The minimum Gasteiger partial charge on any atom is -0.355 e. The predicted octanol–water partition coefficient (Wildman–Crippen LogP) is 1.93. The molecule has 1 amide bonds. The second kappa shape index (κ2) is 8.55. The van der Waals surface area contributed by atoms with E-state index in [1.54, 1.807) is 12.1 Å². The Morgan fingerprint density at radius 2 is 2.05 bits per heavy atom. The average molecular weight is 297 g/mol. The van der Waals surface area contributed by atoms with E-state index in [0.717, 1.165) is 17.7 Å². The first kappa shape index (κ1) is 16.5. The molecule has 1 aromatic rings. The van der Waals surface area contributed by atoms with Crippen LogP contribution >= 0.6 is 11.8 Å². The van der Waals surface area contributed by atoms with Gasteiger partial charge in [0.25, 0.3) is 5.69 Å². The van der Waals surface area contributed by atoms with Crippen molar-refractivity contribution in [2.45, 2.75) is 29.9 Å². The van der Waals surface area contributed by atoms with Crippen LogP contribution in [-0.2, 0) is 4.79 Å². The molecule has 1 atom stereocenters. The quantitative estimate of drug-likeness (QED) is 0.330. The van der Waals surface area contributed by atoms with Crippen molar-refractivity contribution in [1.82, 2.24) is 5.32 Å². The number of hydrogen-bond acceptors (Lipinski definition) is 5. The van der Waals surface area contributed by atoms with Crippen molar-refractivity contribution in [3.63, 3.8) is 0 Å². The van der Waals surface area contributed by atoms with Gasteiger partial charge in [-0.25, -0.2) is 0 Å². The molecule has 0 aliphatic carbocycles. The third kappa shape index (κ3) is 5.58. The van der Waals surface area contributed by atoms with Crippen LogP contribution in [0.3, 0.4) is 0 Å². The molecule has 6 nitrogen and oxygen atoms in total. The summed E-state index contributed by atoms with van der Waals surface area (Å²) in [5.74, 6) is -0.0367. The highest BCUT2D eigenvalue weighted by Gasteiger charge is 2.14. The summed E-state index contributed by atoms with van der Waals surface area (Å²) in [5.41, 5.74) is 5.43. The molecule has 110 valence electrons. The Morgan fingerprint density at radius 3 is 2.60 bits per heavy atom. The van der Waals surface area contributed by atoms with Crippen molar-refractivity contribution >= 4 is 23.4 Å². The summed E-state index contributed by atoms with van der Waals surface area (Å²) in [5, 5.41) is 13.1. The molecule has 0 aliphatic heterocycles. The Bertz CT molecular complexity index is 451. The number of thioether (sulfide) groups is 1. The summed E-state index contributed by atoms with van der Waals surface area (Å²) >= 11 is 1.38. The molecule has 1 aromatic carbocycles. The van der Waals surface area contributed by atoms with E-state index < -0.39 is 4.92 Å². The lowest BCUT2D eigenvalue weighted by molar-refractivity contribution is -0.384. The van der Waals surface area contributed by atoms with Crippen LogP contribution in [-0.4, -0.2) is 29.2 Å². The normalized spacial score (nSPS) is 11.9. The van der Waals surface area contributed by atoms with Crippen LogP contribution < -0.4 is 11.1 Å². The van der Waals surface area contributed by atoms with Crippen LogP contribution in [0.1, 0.15) is 19.8 Å². The van der Waals surface area contributed by atoms with Crippen LogP contribution in [0, 0.1) is 10.1 Å². The monoisotopic (exact) mass is 297 g/mol. The third-order valence-corrected chi connectivity index (χ3v) is 3.77. The molecule has 0 radical (unpaired) electrons. The van der Waals surface area contributed by atoms with E-state index in [0.29, 0.717) is 13.1 Å². The maximum Gasteiger partial charge on any atom is 0.269 e. The van der Waals surface area contributed by atoms with E-state index in [9.17, 15) is 14.9 Å². The summed E-state index contributed by atoms with van der Waals surface area (Å²) in [7, 11) is 0. The number of nitrogens with zero attached hydrogens (tertiary/aromatic N) is 1. The number of rotatable bonds is 8.